The van der Waals surface area contributed by atoms with Gasteiger partial charge in [-0.05, 0) is 43.5 Å². The van der Waals surface area contributed by atoms with Gasteiger partial charge in [-0.2, -0.15) is 0 Å². The van der Waals surface area contributed by atoms with E-state index in [2.05, 4.69) is 18.7 Å². The summed E-state index contributed by atoms with van der Waals surface area (Å²) in [5.41, 5.74) is 6.99. The van der Waals surface area contributed by atoms with Crippen LogP contribution in [0.5, 0.6) is 5.75 Å². The molecule has 1 aliphatic heterocycles. The molecule has 1 fully saturated rings. The molecule has 100 valence electrons. The van der Waals surface area contributed by atoms with Crippen molar-refractivity contribution < 1.29 is 4.74 Å². The Bertz CT molecular complexity index is 380. The van der Waals surface area contributed by atoms with Crippen LogP contribution in [0.4, 0.5) is 5.69 Å². The zero-order chi connectivity index (χ0) is 13.0. The number of piperidine rings is 1. The predicted molar refractivity (Wildman–Crippen MR) is 75.8 cm³/mol. The molecule has 0 saturated carbocycles. The van der Waals surface area contributed by atoms with Crippen molar-refractivity contribution >= 4 is 5.69 Å². The molecule has 1 heterocycles. The van der Waals surface area contributed by atoms with E-state index in [1.807, 2.05) is 24.3 Å². The normalized spacial score (nSPS) is 19.7. The second-order valence-corrected chi connectivity index (χ2v) is 5.93. The first kappa shape index (κ1) is 13.2. The zero-order valence-corrected chi connectivity index (χ0v) is 11.5. The number of hydrogen-bond donors (Lipinski definition) is 1. The number of ether oxygens (including phenoxy) is 1. The van der Waals surface area contributed by atoms with Gasteiger partial charge in [0.1, 0.15) is 12.4 Å². The Hall–Kier alpha value is -1.22. The average Bonchev–Trinajstić information content (AvgIpc) is 2.31. The van der Waals surface area contributed by atoms with Gasteiger partial charge in [-0.25, -0.2) is 0 Å². The summed E-state index contributed by atoms with van der Waals surface area (Å²) >= 11 is 0. The first-order valence-corrected chi connectivity index (χ1v) is 6.76. The number of hydrogen-bond acceptors (Lipinski definition) is 3. The first-order chi connectivity index (χ1) is 8.55. The van der Waals surface area contributed by atoms with Crippen molar-refractivity contribution in [3.05, 3.63) is 24.3 Å². The standard InChI is InChI=1S/C15H24N2O/c1-15(2)6-8-17(9-7-15)10-11-18-14-5-3-4-13(16)12-14/h3-5,12H,6-11,16H2,1-2H3. The predicted octanol–water partition coefficient (Wildman–Crippen LogP) is 2.77. The molecule has 3 heteroatoms. The summed E-state index contributed by atoms with van der Waals surface area (Å²) < 4.78 is 5.72. The van der Waals surface area contributed by atoms with E-state index in [1.54, 1.807) is 0 Å². The van der Waals surface area contributed by atoms with E-state index in [-0.39, 0.29) is 0 Å². The van der Waals surface area contributed by atoms with Crippen LogP contribution in [0.3, 0.4) is 0 Å². The molecule has 1 aromatic carbocycles. The molecule has 2 N–H and O–H groups in total. The maximum atomic E-state index is 5.72. The van der Waals surface area contributed by atoms with E-state index in [0.29, 0.717) is 5.41 Å². The minimum atomic E-state index is 0.519. The lowest BCUT2D eigenvalue weighted by Crippen LogP contribution is -2.39. The lowest BCUT2D eigenvalue weighted by atomic mass is 9.83. The van der Waals surface area contributed by atoms with Crippen LogP contribution in [0, 0.1) is 5.41 Å². The molecule has 1 aromatic rings. The molecule has 0 amide bonds. The van der Waals surface area contributed by atoms with E-state index < -0.39 is 0 Å². The molecule has 0 unspecified atom stereocenters. The van der Waals surface area contributed by atoms with Crippen LogP contribution in [0.2, 0.25) is 0 Å². The van der Waals surface area contributed by atoms with Crippen molar-refractivity contribution in [2.75, 3.05) is 32.0 Å². The number of anilines is 1. The zero-order valence-electron chi connectivity index (χ0n) is 11.5. The molecule has 0 spiro atoms. The summed E-state index contributed by atoms with van der Waals surface area (Å²) in [4.78, 5) is 2.48. The van der Waals surface area contributed by atoms with Crippen LogP contribution in [-0.4, -0.2) is 31.1 Å². The van der Waals surface area contributed by atoms with Crippen molar-refractivity contribution in [2.24, 2.45) is 5.41 Å². The van der Waals surface area contributed by atoms with E-state index in [1.165, 1.54) is 25.9 Å². The van der Waals surface area contributed by atoms with E-state index in [4.69, 9.17) is 10.5 Å². The maximum absolute atomic E-state index is 5.72. The van der Waals surface area contributed by atoms with Crippen molar-refractivity contribution in [1.82, 2.24) is 4.90 Å². The largest absolute Gasteiger partial charge is 0.492 e. The number of rotatable bonds is 4. The number of likely N-dealkylation sites (tertiary alicyclic amines) is 1. The monoisotopic (exact) mass is 248 g/mol. The minimum Gasteiger partial charge on any atom is -0.492 e. The van der Waals surface area contributed by atoms with Crippen LogP contribution in [0.25, 0.3) is 0 Å². The second-order valence-electron chi connectivity index (χ2n) is 5.93. The van der Waals surface area contributed by atoms with E-state index in [0.717, 1.165) is 24.6 Å². The molecule has 1 aliphatic rings. The van der Waals surface area contributed by atoms with Gasteiger partial charge in [-0.3, -0.25) is 4.90 Å². The molecule has 0 aliphatic carbocycles. The molecule has 18 heavy (non-hydrogen) atoms. The highest BCUT2D eigenvalue weighted by Gasteiger charge is 2.24. The summed E-state index contributed by atoms with van der Waals surface area (Å²) in [6, 6.07) is 7.63. The van der Waals surface area contributed by atoms with Crippen molar-refractivity contribution in [3.63, 3.8) is 0 Å². The molecule has 0 radical (unpaired) electrons. The maximum Gasteiger partial charge on any atom is 0.121 e. The van der Waals surface area contributed by atoms with Crippen LogP contribution in [0.1, 0.15) is 26.7 Å². The molecule has 0 atom stereocenters. The highest BCUT2D eigenvalue weighted by molar-refractivity contribution is 5.43. The van der Waals surface area contributed by atoms with Gasteiger partial charge in [-0.15, -0.1) is 0 Å². The summed E-state index contributed by atoms with van der Waals surface area (Å²) in [6.45, 7) is 8.83. The van der Waals surface area contributed by atoms with Crippen molar-refractivity contribution in [2.45, 2.75) is 26.7 Å². The fraction of sp³-hybridized carbons (Fsp3) is 0.600. The lowest BCUT2D eigenvalue weighted by Gasteiger charge is -2.36. The minimum absolute atomic E-state index is 0.519. The molecule has 2 rings (SSSR count). The first-order valence-electron chi connectivity index (χ1n) is 6.76. The fourth-order valence-corrected chi connectivity index (χ4v) is 2.28. The third-order valence-corrected chi connectivity index (χ3v) is 3.74. The van der Waals surface area contributed by atoms with Gasteiger partial charge in [0.25, 0.3) is 0 Å². The van der Waals surface area contributed by atoms with Crippen LogP contribution < -0.4 is 10.5 Å². The van der Waals surface area contributed by atoms with Gasteiger partial charge in [0.15, 0.2) is 0 Å². The molecular formula is C15H24N2O. The Morgan fingerprint density at radius 1 is 1.28 bits per heavy atom. The number of nitrogens with two attached hydrogens (primary N) is 1. The highest BCUT2D eigenvalue weighted by atomic mass is 16.5. The fourth-order valence-electron chi connectivity index (χ4n) is 2.28. The average molecular weight is 248 g/mol. The Kier molecular flexibility index (Phi) is 4.12. The lowest BCUT2D eigenvalue weighted by molar-refractivity contribution is 0.116. The van der Waals surface area contributed by atoms with Crippen molar-refractivity contribution in [1.29, 1.82) is 0 Å². The van der Waals surface area contributed by atoms with Gasteiger partial charge in [-0.1, -0.05) is 19.9 Å². The Morgan fingerprint density at radius 3 is 2.67 bits per heavy atom. The summed E-state index contributed by atoms with van der Waals surface area (Å²) in [5, 5.41) is 0. The van der Waals surface area contributed by atoms with Gasteiger partial charge in [0.2, 0.25) is 0 Å². The second kappa shape index (κ2) is 5.61. The summed E-state index contributed by atoms with van der Waals surface area (Å²) in [5.74, 6) is 0.868. The Balaban J connectivity index is 1.70. The topological polar surface area (TPSA) is 38.5 Å². The quantitative estimate of drug-likeness (QED) is 0.833. The summed E-state index contributed by atoms with van der Waals surface area (Å²) in [6.07, 6.45) is 2.57. The number of benzene rings is 1. The van der Waals surface area contributed by atoms with Crippen molar-refractivity contribution in [3.8, 4) is 5.75 Å². The Morgan fingerprint density at radius 2 is 2.00 bits per heavy atom. The number of nitrogens with zero attached hydrogens (tertiary/aromatic N) is 1. The highest BCUT2D eigenvalue weighted by Crippen LogP contribution is 2.29. The molecular weight excluding hydrogens is 224 g/mol. The van der Waals surface area contributed by atoms with Crippen LogP contribution in [-0.2, 0) is 0 Å². The van der Waals surface area contributed by atoms with E-state index >= 15 is 0 Å². The van der Waals surface area contributed by atoms with E-state index in [9.17, 15) is 0 Å². The Labute approximate surface area is 110 Å². The molecule has 3 nitrogen and oxygen atoms in total. The van der Waals surface area contributed by atoms with Gasteiger partial charge in [0.05, 0.1) is 0 Å². The van der Waals surface area contributed by atoms with Gasteiger partial charge >= 0.3 is 0 Å². The van der Waals surface area contributed by atoms with Crippen LogP contribution in [0.15, 0.2) is 24.3 Å². The number of nitrogen functional groups attached to an aromatic ring is 1. The molecule has 1 saturated heterocycles. The summed E-state index contributed by atoms with van der Waals surface area (Å²) in [7, 11) is 0. The van der Waals surface area contributed by atoms with Gasteiger partial charge < -0.3 is 10.5 Å². The van der Waals surface area contributed by atoms with Gasteiger partial charge in [0, 0.05) is 18.3 Å². The molecule has 0 aromatic heterocycles. The smallest absolute Gasteiger partial charge is 0.121 e. The SMILES string of the molecule is CC1(C)CCN(CCOc2cccc(N)c2)CC1. The third kappa shape index (κ3) is 3.91. The molecule has 0 bridgehead atoms. The third-order valence-electron chi connectivity index (χ3n) is 3.74. The van der Waals surface area contributed by atoms with Crippen LogP contribution >= 0.6 is 0 Å².